The zero-order valence-corrected chi connectivity index (χ0v) is 12.4. The van der Waals surface area contributed by atoms with Crippen molar-refractivity contribution in [3.8, 4) is 18.1 Å². The maximum absolute atomic E-state index is 11.8. The predicted octanol–water partition coefficient (Wildman–Crippen LogP) is 2.23. The van der Waals surface area contributed by atoms with Crippen molar-refractivity contribution in [3.05, 3.63) is 24.3 Å². The van der Waals surface area contributed by atoms with Gasteiger partial charge in [-0.15, -0.1) is 6.42 Å². The molecule has 0 saturated carbocycles. The third kappa shape index (κ3) is 6.68. The molecule has 1 unspecified atom stereocenters. The van der Waals surface area contributed by atoms with Gasteiger partial charge >= 0.3 is 6.03 Å². The minimum Gasteiger partial charge on any atom is -0.481 e. The summed E-state index contributed by atoms with van der Waals surface area (Å²) in [6.45, 7) is 4.21. The summed E-state index contributed by atoms with van der Waals surface area (Å²) < 4.78 is 5.24. The van der Waals surface area contributed by atoms with Gasteiger partial charge in [-0.1, -0.05) is 19.8 Å². The van der Waals surface area contributed by atoms with Crippen LogP contribution in [-0.2, 0) is 0 Å². The summed E-state index contributed by atoms with van der Waals surface area (Å²) in [6, 6.07) is 6.31. The van der Waals surface area contributed by atoms with E-state index < -0.39 is 0 Å². The number of aliphatic hydroxyl groups excluding tert-OH is 1. The zero-order valence-electron chi connectivity index (χ0n) is 12.4. The lowest BCUT2D eigenvalue weighted by Gasteiger charge is -2.18. The summed E-state index contributed by atoms with van der Waals surface area (Å²) in [5, 5.41) is 14.7. The first kappa shape index (κ1) is 16.9. The number of benzene rings is 1. The van der Waals surface area contributed by atoms with Crippen LogP contribution in [0, 0.1) is 18.3 Å². The number of aliphatic hydroxyl groups is 1. The summed E-state index contributed by atoms with van der Waals surface area (Å²) in [4.78, 5) is 11.8. The number of nitrogens with one attached hydrogen (secondary N) is 2. The summed E-state index contributed by atoms with van der Waals surface area (Å²) >= 11 is 0. The van der Waals surface area contributed by atoms with Crippen molar-refractivity contribution in [3.63, 3.8) is 0 Å². The SMILES string of the molecule is C#CCOc1ccc(NC(=O)NC(CO)CC(C)C)cc1. The van der Waals surface area contributed by atoms with Crippen molar-refractivity contribution >= 4 is 11.7 Å². The molecule has 21 heavy (non-hydrogen) atoms. The molecule has 0 radical (unpaired) electrons. The minimum atomic E-state index is -0.341. The van der Waals surface area contributed by atoms with Crippen LogP contribution < -0.4 is 15.4 Å². The Morgan fingerprint density at radius 1 is 1.38 bits per heavy atom. The second-order valence-electron chi connectivity index (χ2n) is 5.12. The van der Waals surface area contributed by atoms with E-state index in [0.29, 0.717) is 17.4 Å². The number of ether oxygens (including phenoxy) is 1. The Morgan fingerprint density at radius 2 is 2.05 bits per heavy atom. The van der Waals surface area contributed by atoms with E-state index in [1.165, 1.54) is 0 Å². The molecule has 0 aliphatic heterocycles. The second kappa shape index (κ2) is 8.88. The second-order valence-corrected chi connectivity index (χ2v) is 5.12. The van der Waals surface area contributed by atoms with Gasteiger partial charge in [0.05, 0.1) is 12.6 Å². The molecule has 0 fully saturated rings. The summed E-state index contributed by atoms with van der Waals surface area (Å²) in [5.74, 6) is 3.42. The number of carbonyl (C=O) groups is 1. The number of urea groups is 1. The van der Waals surface area contributed by atoms with Gasteiger partial charge < -0.3 is 20.5 Å². The zero-order chi connectivity index (χ0) is 15.7. The predicted molar refractivity (Wildman–Crippen MR) is 83.3 cm³/mol. The lowest BCUT2D eigenvalue weighted by Crippen LogP contribution is -2.40. The highest BCUT2D eigenvalue weighted by Gasteiger charge is 2.12. The van der Waals surface area contributed by atoms with Gasteiger partial charge in [0.15, 0.2) is 0 Å². The number of carbonyl (C=O) groups excluding carboxylic acids is 1. The standard InChI is InChI=1S/C16H22N2O3/c1-4-9-21-15-7-5-13(6-8-15)17-16(20)18-14(11-19)10-12(2)3/h1,5-8,12,14,19H,9-11H2,2-3H3,(H2,17,18,20). The molecule has 1 atom stereocenters. The number of hydrogen-bond donors (Lipinski definition) is 3. The lowest BCUT2D eigenvalue weighted by atomic mass is 10.0. The van der Waals surface area contributed by atoms with E-state index in [-0.39, 0.29) is 25.3 Å². The first-order chi connectivity index (χ1) is 10.0. The average molecular weight is 290 g/mol. The van der Waals surface area contributed by atoms with Crippen LogP contribution in [-0.4, -0.2) is 30.4 Å². The Bertz CT molecular complexity index is 477. The van der Waals surface area contributed by atoms with E-state index in [0.717, 1.165) is 6.42 Å². The molecule has 5 heteroatoms. The summed E-state index contributed by atoms with van der Waals surface area (Å²) in [7, 11) is 0. The van der Waals surface area contributed by atoms with Crippen LogP contribution in [0.2, 0.25) is 0 Å². The fourth-order valence-electron chi connectivity index (χ4n) is 1.86. The van der Waals surface area contributed by atoms with Gasteiger partial charge in [0.25, 0.3) is 0 Å². The fourth-order valence-corrected chi connectivity index (χ4v) is 1.86. The number of anilines is 1. The van der Waals surface area contributed by atoms with Crippen LogP contribution in [0.1, 0.15) is 20.3 Å². The highest BCUT2D eigenvalue weighted by Crippen LogP contribution is 2.15. The van der Waals surface area contributed by atoms with Crippen molar-refractivity contribution in [2.75, 3.05) is 18.5 Å². The number of hydrogen-bond acceptors (Lipinski definition) is 3. The monoisotopic (exact) mass is 290 g/mol. The molecule has 0 aromatic heterocycles. The summed E-state index contributed by atoms with van der Waals surface area (Å²) in [5.41, 5.74) is 0.641. The maximum atomic E-state index is 11.8. The average Bonchev–Trinajstić information content (AvgIpc) is 2.45. The van der Waals surface area contributed by atoms with Crippen LogP contribution in [0.4, 0.5) is 10.5 Å². The fraction of sp³-hybridized carbons (Fsp3) is 0.438. The van der Waals surface area contributed by atoms with E-state index in [1.54, 1.807) is 24.3 Å². The molecule has 0 spiro atoms. The normalized spacial score (nSPS) is 11.6. The molecule has 0 bridgehead atoms. The number of terminal acetylenes is 1. The first-order valence-electron chi connectivity index (χ1n) is 6.89. The van der Waals surface area contributed by atoms with Crippen LogP contribution in [0.15, 0.2) is 24.3 Å². The molecular weight excluding hydrogens is 268 g/mol. The van der Waals surface area contributed by atoms with Crippen LogP contribution >= 0.6 is 0 Å². The highest BCUT2D eigenvalue weighted by atomic mass is 16.5. The maximum Gasteiger partial charge on any atom is 0.319 e. The van der Waals surface area contributed by atoms with Gasteiger partial charge in [-0.05, 0) is 36.6 Å². The highest BCUT2D eigenvalue weighted by molar-refractivity contribution is 5.89. The topological polar surface area (TPSA) is 70.6 Å². The molecule has 1 rings (SSSR count). The largest absolute Gasteiger partial charge is 0.481 e. The molecule has 0 saturated heterocycles. The quantitative estimate of drug-likeness (QED) is 0.674. The molecule has 0 aliphatic carbocycles. The lowest BCUT2D eigenvalue weighted by molar-refractivity contribution is 0.214. The molecule has 1 aromatic carbocycles. The molecule has 5 nitrogen and oxygen atoms in total. The molecule has 1 aromatic rings. The molecule has 2 amide bonds. The Balaban J connectivity index is 2.48. The van der Waals surface area contributed by atoms with Gasteiger partial charge in [-0.2, -0.15) is 0 Å². The van der Waals surface area contributed by atoms with Crippen molar-refractivity contribution < 1.29 is 14.6 Å². The van der Waals surface area contributed by atoms with Crippen molar-refractivity contribution in [2.24, 2.45) is 5.92 Å². The van der Waals surface area contributed by atoms with Gasteiger partial charge in [0.1, 0.15) is 12.4 Å². The Morgan fingerprint density at radius 3 is 2.57 bits per heavy atom. The molecule has 3 N–H and O–H groups in total. The van der Waals surface area contributed by atoms with Crippen LogP contribution in [0.5, 0.6) is 5.75 Å². The molecule has 114 valence electrons. The van der Waals surface area contributed by atoms with E-state index in [9.17, 15) is 9.90 Å². The van der Waals surface area contributed by atoms with Crippen molar-refractivity contribution in [2.45, 2.75) is 26.3 Å². The summed E-state index contributed by atoms with van der Waals surface area (Å²) in [6.07, 6.45) is 5.83. The Labute approximate surface area is 125 Å². The number of rotatable bonds is 7. The van der Waals surface area contributed by atoms with Gasteiger partial charge in [0.2, 0.25) is 0 Å². The van der Waals surface area contributed by atoms with E-state index >= 15 is 0 Å². The molecule has 0 heterocycles. The Hall–Kier alpha value is -2.19. The van der Waals surface area contributed by atoms with Crippen LogP contribution in [0.25, 0.3) is 0 Å². The van der Waals surface area contributed by atoms with E-state index in [1.807, 2.05) is 13.8 Å². The smallest absolute Gasteiger partial charge is 0.319 e. The third-order valence-corrected chi connectivity index (χ3v) is 2.75. The van der Waals surface area contributed by atoms with Gasteiger partial charge in [-0.25, -0.2) is 4.79 Å². The Kier molecular flexibility index (Phi) is 7.13. The van der Waals surface area contributed by atoms with Gasteiger partial charge in [-0.3, -0.25) is 0 Å². The minimum absolute atomic E-state index is 0.0789. The van der Waals surface area contributed by atoms with Gasteiger partial charge in [0, 0.05) is 5.69 Å². The molecular formula is C16H22N2O3. The van der Waals surface area contributed by atoms with E-state index in [4.69, 9.17) is 11.2 Å². The number of amides is 2. The molecule has 0 aliphatic rings. The first-order valence-corrected chi connectivity index (χ1v) is 6.89. The third-order valence-electron chi connectivity index (χ3n) is 2.75. The van der Waals surface area contributed by atoms with Crippen LogP contribution in [0.3, 0.4) is 0 Å². The van der Waals surface area contributed by atoms with E-state index in [2.05, 4.69) is 16.6 Å². The van der Waals surface area contributed by atoms with Crippen molar-refractivity contribution in [1.29, 1.82) is 0 Å². The van der Waals surface area contributed by atoms with Crippen molar-refractivity contribution in [1.82, 2.24) is 5.32 Å².